The smallest absolute Gasteiger partial charge is 0.243 e. The molecule has 1 fully saturated rings. The van der Waals surface area contributed by atoms with Gasteiger partial charge in [-0.3, -0.25) is 4.79 Å². The van der Waals surface area contributed by atoms with Gasteiger partial charge in [-0.25, -0.2) is 8.42 Å². The fourth-order valence-electron chi connectivity index (χ4n) is 3.36. The van der Waals surface area contributed by atoms with E-state index in [1.165, 1.54) is 0 Å². The molecule has 0 unspecified atom stereocenters. The number of carbonyl (C=O) groups is 1. The maximum atomic E-state index is 13.0. The lowest BCUT2D eigenvalue weighted by Crippen LogP contribution is -2.35. The fraction of sp³-hybridized carbons (Fsp3) is 0.381. The van der Waals surface area contributed by atoms with Crippen molar-refractivity contribution >= 4 is 33.0 Å². The van der Waals surface area contributed by atoms with Crippen molar-refractivity contribution in [2.24, 2.45) is 0 Å². The van der Waals surface area contributed by atoms with E-state index in [9.17, 15) is 13.2 Å². The molecule has 0 spiro atoms. The molecule has 0 aromatic heterocycles. The Bertz CT molecular complexity index is 940. The minimum Gasteiger partial charge on any atom is -0.376 e. The normalized spacial score (nSPS) is 15.0. The van der Waals surface area contributed by atoms with Gasteiger partial charge in [-0.1, -0.05) is 24.6 Å². The van der Waals surface area contributed by atoms with Gasteiger partial charge in [-0.05, 0) is 43.2 Å². The number of hydrogen-bond donors (Lipinski definition) is 2. The zero-order valence-corrected chi connectivity index (χ0v) is 17.7. The second-order valence-electron chi connectivity index (χ2n) is 7.31. The number of nitrogens with zero attached hydrogens (tertiary/aromatic N) is 2. The van der Waals surface area contributed by atoms with E-state index < -0.39 is 10.0 Å². The molecular formula is C21H28N4O3S. The first-order valence-electron chi connectivity index (χ1n) is 9.78. The molecule has 8 heteroatoms. The standard InChI is InChI=1S/C21H28N4O3S/c1-24(2)20-12-11-18(29(27,28)25-13-7-4-8-14-25)15-19(20)22-16-21(26)23-17-9-5-3-6-10-17/h3,5-6,9-12,15,22H,4,7-8,13-14,16H2,1-2H3,(H,23,26). The molecule has 0 aliphatic carbocycles. The zero-order valence-electron chi connectivity index (χ0n) is 16.9. The highest BCUT2D eigenvalue weighted by Crippen LogP contribution is 2.30. The third-order valence-corrected chi connectivity index (χ3v) is 6.79. The van der Waals surface area contributed by atoms with Crippen LogP contribution in [0.2, 0.25) is 0 Å². The van der Waals surface area contributed by atoms with E-state index in [-0.39, 0.29) is 17.3 Å². The summed E-state index contributed by atoms with van der Waals surface area (Å²) in [6.45, 7) is 1.14. The van der Waals surface area contributed by atoms with Gasteiger partial charge in [0, 0.05) is 32.9 Å². The number of nitrogens with one attached hydrogen (secondary N) is 2. The predicted molar refractivity (Wildman–Crippen MR) is 117 cm³/mol. The number of benzene rings is 2. The molecular weight excluding hydrogens is 388 g/mol. The van der Waals surface area contributed by atoms with E-state index in [2.05, 4.69) is 10.6 Å². The summed E-state index contributed by atoms with van der Waals surface area (Å²) in [6.07, 6.45) is 2.84. The lowest BCUT2D eigenvalue weighted by molar-refractivity contribution is -0.114. The maximum absolute atomic E-state index is 13.0. The van der Waals surface area contributed by atoms with Gasteiger partial charge < -0.3 is 15.5 Å². The quantitative estimate of drug-likeness (QED) is 0.725. The summed E-state index contributed by atoms with van der Waals surface area (Å²) >= 11 is 0. The van der Waals surface area contributed by atoms with Crippen LogP contribution in [0.3, 0.4) is 0 Å². The highest BCUT2D eigenvalue weighted by atomic mass is 32.2. The summed E-state index contributed by atoms with van der Waals surface area (Å²) in [5.74, 6) is -0.204. The first-order chi connectivity index (χ1) is 13.9. The Hall–Kier alpha value is -2.58. The molecule has 7 nitrogen and oxygen atoms in total. The highest BCUT2D eigenvalue weighted by molar-refractivity contribution is 7.89. The van der Waals surface area contributed by atoms with E-state index in [0.29, 0.717) is 24.5 Å². The van der Waals surface area contributed by atoms with Crippen molar-refractivity contribution in [2.75, 3.05) is 49.3 Å². The van der Waals surface area contributed by atoms with E-state index in [0.717, 1.165) is 24.9 Å². The van der Waals surface area contributed by atoms with Crippen molar-refractivity contribution in [3.63, 3.8) is 0 Å². The van der Waals surface area contributed by atoms with Crippen LogP contribution in [-0.4, -0.2) is 52.4 Å². The SMILES string of the molecule is CN(C)c1ccc(S(=O)(=O)N2CCCCC2)cc1NCC(=O)Nc1ccccc1. The van der Waals surface area contributed by atoms with Gasteiger partial charge in [-0.15, -0.1) is 0 Å². The number of sulfonamides is 1. The summed E-state index contributed by atoms with van der Waals surface area (Å²) in [5.41, 5.74) is 2.14. The summed E-state index contributed by atoms with van der Waals surface area (Å²) in [6, 6.07) is 14.2. The van der Waals surface area contributed by atoms with Gasteiger partial charge in [0.1, 0.15) is 0 Å². The topological polar surface area (TPSA) is 81.8 Å². The molecule has 0 bridgehead atoms. The fourth-order valence-corrected chi connectivity index (χ4v) is 4.91. The third kappa shape index (κ3) is 5.27. The highest BCUT2D eigenvalue weighted by Gasteiger charge is 2.26. The van der Waals surface area contributed by atoms with Crippen LogP contribution in [0, 0.1) is 0 Å². The number of para-hydroxylation sites is 1. The Kier molecular flexibility index (Phi) is 6.76. The van der Waals surface area contributed by atoms with Crippen LogP contribution in [0.4, 0.5) is 17.1 Å². The molecule has 2 aromatic rings. The largest absolute Gasteiger partial charge is 0.376 e. The first-order valence-corrected chi connectivity index (χ1v) is 11.2. The predicted octanol–water partition coefficient (Wildman–Crippen LogP) is 2.98. The monoisotopic (exact) mass is 416 g/mol. The van der Waals surface area contributed by atoms with Crippen molar-refractivity contribution in [1.82, 2.24) is 4.31 Å². The molecule has 1 saturated heterocycles. The van der Waals surface area contributed by atoms with E-state index in [4.69, 9.17) is 0 Å². The molecule has 1 amide bonds. The third-order valence-electron chi connectivity index (χ3n) is 4.90. The number of rotatable bonds is 7. The Morgan fingerprint density at radius 2 is 1.72 bits per heavy atom. The summed E-state index contributed by atoms with van der Waals surface area (Å²) in [4.78, 5) is 14.4. The zero-order chi connectivity index (χ0) is 20.9. The van der Waals surface area contributed by atoms with Crippen LogP contribution in [0.5, 0.6) is 0 Å². The van der Waals surface area contributed by atoms with Crippen LogP contribution < -0.4 is 15.5 Å². The molecule has 0 saturated carbocycles. The van der Waals surface area contributed by atoms with Gasteiger partial charge in [0.15, 0.2) is 0 Å². The van der Waals surface area contributed by atoms with Gasteiger partial charge in [0.25, 0.3) is 0 Å². The molecule has 3 rings (SSSR count). The minimum absolute atomic E-state index is 0.0307. The molecule has 156 valence electrons. The van der Waals surface area contributed by atoms with Crippen LogP contribution in [0.25, 0.3) is 0 Å². The molecule has 1 aliphatic heterocycles. The molecule has 1 heterocycles. The van der Waals surface area contributed by atoms with E-state index >= 15 is 0 Å². The molecule has 2 aromatic carbocycles. The number of anilines is 3. The molecule has 2 N–H and O–H groups in total. The van der Waals surface area contributed by atoms with Crippen molar-refractivity contribution in [3.8, 4) is 0 Å². The summed E-state index contributed by atoms with van der Waals surface area (Å²) in [5, 5.41) is 5.91. The van der Waals surface area contributed by atoms with Crippen LogP contribution in [0.1, 0.15) is 19.3 Å². The van der Waals surface area contributed by atoms with Crippen LogP contribution in [0.15, 0.2) is 53.4 Å². The Labute approximate surface area is 172 Å². The molecule has 0 radical (unpaired) electrons. The summed E-state index contributed by atoms with van der Waals surface area (Å²) in [7, 11) is 0.217. The lowest BCUT2D eigenvalue weighted by Gasteiger charge is -2.27. The number of piperidine rings is 1. The minimum atomic E-state index is -3.54. The Morgan fingerprint density at radius 3 is 2.38 bits per heavy atom. The van der Waals surface area contributed by atoms with Crippen LogP contribution in [-0.2, 0) is 14.8 Å². The van der Waals surface area contributed by atoms with Crippen molar-refractivity contribution in [2.45, 2.75) is 24.2 Å². The molecule has 1 aliphatic rings. The van der Waals surface area contributed by atoms with Gasteiger partial charge >= 0.3 is 0 Å². The van der Waals surface area contributed by atoms with Gasteiger partial charge in [0.05, 0.1) is 22.8 Å². The second kappa shape index (κ2) is 9.28. The number of amides is 1. The van der Waals surface area contributed by atoms with Gasteiger partial charge in [0.2, 0.25) is 15.9 Å². The van der Waals surface area contributed by atoms with Crippen molar-refractivity contribution in [1.29, 1.82) is 0 Å². The lowest BCUT2D eigenvalue weighted by atomic mass is 10.2. The first kappa shape index (κ1) is 21.1. The van der Waals surface area contributed by atoms with Gasteiger partial charge in [-0.2, -0.15) is 4.31 Å². The molecule has 29 heavy (non-hydrogen) atoms. The average molecular weight is 417 g/mol. The maximum Gasteiger partial charge on any atom is 0.243 e. The average Bonchev–Trinajstić information content (AvgIpc) is 2.73. The summed E-state index contributed by atoms with van der Waals surface area (Å²) < 4.78 is 27.6. The molecule has 0 atom stereocenters. The Morgan fingerprint density at radius 1 is 1.03 bits per heavy atom. The van der Waals surface area contributed by atoms with Crippen LogP contribution >= 0.6 is 0 Å². The van der Waals surface area contributed by atoms with Crippen molar-refractivity contribution in [3.05, 3.63) is 48.5 Å². The number of carbonyl (C=O) groups excluding carboxylic acids is 1. The Balaban J connectivity index is 1.77. The second-order valence-corrected chi connectivity index (χ2v) is 9.24. The van der Waals surface area contributed by atoms with E-state index in [1.54, 1.807) is 22.5 Å². The van der Waals surface area contributed by atoms with E-state index in [1.807, 2.05) is 49.3 Å². The van der Waals surface area contributed by atoms with Crippen molar-refractivity contribution < 1.29 is 13.2 Å². The number of hydrogen-bond acceptors (Lipinski definition) is 5.